The number of hydrogen-bond acceptors (Lipinski definition) is 6. The number of rotatable bonds is 5. The van der Waals surface area contributed by atoms with Crippen LogP contribution in [0.3, 0.4) is 0 Å². The van der Waals surface area contributed by atoms with E-state index in [1.54, 1.807) is 18.5 Å². The van der Waals surface area contributed by atoms with E-state index in [1.807, 2.05) is 6.07 Å². The molecule has 0 aliphatic carbocycles. The van der Waals surface area contributed by atoms with E-state index in [4.69, 9.17) is 14.2 Å². The molecule has 0 aromatic carbocycles. The minimum Gasteiger partial charge on any atom is -0.468 e. The van der Waals surface area contributed by atoms with Gasteiger partial charge in [0.05, 0.1) is 20.3 Å². The standard InChI is InChI=1S/C15H19NO5/c1-19-14(17)13(15(18)20-2)12(11-6-4-8-21-11)10-5-3-7-16-9-10/h3,5,7,9,11-13H,4,6,8H2,1-2H3/t11-,12+/m0/s1. The summed E-state index contributed by atoms with van der Waals surface area (Å²) in [4.78, 5) is 28.2. The highest BCUT2D eigenvalue weighted by atomic mass is 16.5. The topological polar surface area (TPSA) is 74.7 Å². The molecule has 21 heavy (non-hydrogen) atoms. The van der Waals surface area contributed by atoms with Gasteiger partial charge in [-0.2, -0.15) is 0 Å². The number of carbonyl (C=O) groups is 2. The van der Waals surface area contributed by atoms with Crippen LogP contribution in [0.5, 0.6) is 0 Å². The highest BCUT2D eigenvalue weighted by Crippen LogP contribution is 2.36. The Morgan fingerprint density at radius 1 is 1.33 bits per heavy atom. The number of nitrogens with zero attached hydrogens (tertiary/aromatic N) is 1. The largest absolute Gasteiger partial charge is 0.468 e. The Kier molecular flexibility index (Phi) is 5.27. The fraction of sp³-hybridized carbons (Fsp3) is 0.533. The predicted octanol–water partition coefficient (Wildman–Crippen LogP) is 1.31. The Balaban J connectivity index is 2.40. The van der Waals surface area contributed by atoms with E-state index in [0.29, 0.717) is 6.61 Å². The van der Waals surface area contributed by atoms with Crippen LogP contribution in [0.25, 0.3) is 0 Å². The number of aromatic nitrogens is 1. The molecule has 2 atom stereocenters. The summed E-state index contributed by atoms with van der Waals surface area (Å²) in [5.41, 5.74) is 0.769. The summed E-state index contributed by atoms with van der Waals surface area (Å²) < 4.78 is 15.3. The lowest BCUT2D eigenvalue weighted by Gasteiger charge is -2.28. The first-order chi connectivity index (χ1) is 10.2. The molecular formula is C15H19NO5. The van der Waals surface area contributed by atoms with Gasteiger partial charge in [0.25, 0.3) is 0 Å². The van der Waals surface area contributed by atoms with Gasteiger partial charge in [-0.15, -0.1) is 0 Å². The third-order valence-electron chi connectivity index (χ3n) is 3.70. The second kappa shape index (κ2) is 7.17. The van der Waals surface area contributed by atoms with E-state index in [0.717, 1.165) is 18.4 Å². The normalized spacial score (nSPS) is 19.3. The molecule has 0 saturated carbocycles. The Labute approximate surface area is 123 Å². The van der Waals surface area contributed by atoms with Crippen LogP contribution in [0.2, 0.25) is 0 Å². The maximum Gasteiger partial charge on any atom is 0.320 e. The molecule has 0 radical (unpaired) electrons. The molecular weight excluding hydrogens is 274 g/mol. The van der Waals surface area contributed by atoms with Gasteiger partial charge in [-0.25, -0.2) is 0 Å². The van der Waals surface area contributed by atoms with Gasteiger partial charge >= 0.3 is 11.9 Å². The Bertz CT molecular complexity index is 468. The Hall–Kier alpha value is -1.95. The lowest BCUT2D eigenvalue weighted by atomic mass is 9.81. The molecule has 2 rings (SSSR count). The van der Waals surface area contributed by atoms with Crippen LogP contribution in [-0.2, 0) is 23.8 Å². The third-order valence-corrected chi connectivity index (χ3v) is 3.70. The van der Waals surface area contributed by atoms with Crippen molar-refractivity contribution in [3.05, 3.63) is 30.1 Å². The van der Waals surface area contributed by atoms with Crippen molar-refractivity contribution in [1.29, 1.82) is 0 Å². The minimum absolute atomic E-state index is 0.225. The second-order valence-corrected chi connectivity index (χ2v) is 4.89. The monoisotopic (exact) mass is 293 g/mol. The van der Waals surface area contributed by atoms with E-state index in [9.17, 15) is 9.59 Å². The molecule has 1 aliphatic heterocycles. The highest BCUT2D eigenvalue weighted by Gasteiger charge is 2.43. The van der Waals surface area contributed by atoms with E-state index in [-0.39, 0.29) is 6.10 Å². The second-order valence-electron chi connectivity index (χ2n) is 4.89. The van der Waals surface area contributed by atoms with Crippen molar-refractivity contribution < 1.29 is 23.8 Å². The van der Waals surface area contributed by atoms with E-state index >= 15 is 0 Å². The van der Waals surface area contributed by atoms with Gasteiger partial charge in [0.15, 0.2) is 5.92 Å². The van der Waals surface area contributed by atoms with Crippen molar-refractivity contribution in [2.45, 2.75) is 24.9 Å². The van der Waals surface area contributed by atoms with Crippen LogP contribution in [0.1, 0.15) is 24.3 Å². The average molecular weight is 293 g/mol. The number of ether oxygens (including phenoxy) is 3. The van der Waals surface area contributed by atoms with E-state index in [1.165, 1.54) is 14.2 Å². The summed E-state index contributed by atoms with van der Waals surface area (Å²) in [6.45, 7) is 0.622. The molecule has 6 heteroatoms. The minimum atomic E-state index is -1.05. The fourth-order valence-electron chi connectivity index (χ4n) is 2.72. The maximum atomic E-state index is 12.1. The predicted molar refractivity (Wildman–Crippen MR) is 73.5 cm³/mol. The van der Waals surface area contributed by atoms with Crippen molar-refractivity contribution in [2.24, 2.45) is 5.92 Å². The Morgan fingerprint density at radius 2 is 2.05 bits per heavy atom. The summed E-state index contributed by atoms with van der Waals surface area (Å²) in [5, 5.41) is 0. The molecule has 114 valence electrons. The molecule has 0 spiro atoms. The van der Waals surface area contributed by atoms with Crippen molar-refractivity contribution in [3.63, 3.8) is 0 Å². The van der Waals surface area contributed by atoms with Gasteiger partial charge in [0.1, 0.15) is 0 Å². The summed E-state index contributed by atoms with van der Waals surface area (Å²) in [6, 6.07) is 3.60. The van der Waals surface area contributed by atoms with Gasteiger partial charge in [0.2, 0.25) is 0 Å². The number of methoxy groups -OCH3 is 2. The van der Waals surface area contributed by atoms with Crippen LogP contribution < -0.4 is 0 Å². The molecule has 0 N–H and O–H groups in total. The quantitative estimate of drug-likeness (QED) is 0.602. The lowest BCUT2D eigenvalue weighted by molar-refractivity contribution is -0.161. The molecule has 2 heterocycles. The van der Waals surface area contributed by atoms with Gasteiger partial charge in [0, 0.05) is 24.9 Å². The number of pyridine rings is 1. The summed E-state index contributed by atoms with van der Waals surface area (Å²) in [5.74, 6) is -2.74. The fourth-order valence-corrected chi connectivity index (χ4v) is 2.72. The number of esters is 2. The van der Waals surface area contributed by atoms with Crippen molar-refractivity contribution in [3.8, 4) is 0 Å². The van der Waals surface area contributed by atoms with Crippen LogP contribution in [0, 0.1) is 5.92 Å². The van der Waals surface area contributed by atoms with Crippen LogP contribution >= 0.6 is 0 Å². The first kappa shape index (κ1) is 15.4. The Morgan fingerprint density at radius 3 is 2.52 bits per heavy atom. The smallest absolute Gasteiger partial charge is 0.320 e. The summed E-state index contributed by atoms with van der Waals surface area (Å²) >= 11 is 0. The molecule has 0 amide bonds. The average Bonchev–Trinajstić information content (AvgIpc) is 3.05. The van der Waals surface area contributed by atoms with Gasteiger partial charge < -0.3 is 14.2 Å². The molecule has 6 nitrogen and oxygen atoms in total. The maximum absolute atomic E-state index is 12.1. The van der Waals surface area contributed by atoms with Crippen LogP contribution in [0.15, 0.2) is 24.5 Å². The molecule has 0 unspecified atom stereocenters. The summed E-state index contributed by atoms with van der Waals surface area (Å²) in [7, 11) is 2.52. The molecule has 1 fully saturated rings. The van der Waals surface area contributed by atoms with Crippen LogP contribution in [-0.4, -0.2) is 43.9 Å². The zero-order valence-corrected chi connectivity index (χ0v) is 12.2. The van der Waals surface area contributed by atoms with Gasteiger partial charge in [-0.05, 0) is 24.5 Å². The number of carbonyl (C=O) groups excluding carboxylic acids is 2. The highest BCUT2D eigenvalue weighted by molar-refractivity contribution is 5.96. The molecule has 1 aromatic heterocycles. The lowest BCUT2D eigenvalue weighted by Crippen LogP contribution is -2.37. The molecule has 1 aromatic rings. The van der Waals surface area contributed by atoms with Crippen molar-refractivity contribution >= 4 is 11.9 Å². The van der Waals surface area contributed by atoms with E-state index < -0.39 is 23.8 Å². The zero-order valence-electron chi connectivity index (χ0n) is 12.2. The van der Waals surface area contributed by atoms with Gasteiger partial charge in [-0.1, -0.05) is 6.07 Å². The molecule has 0 bridgehead atoms. The molecule has 1 aliphatic rings. The van der Waals surface area contributed by atoms with Crippen molar-refractivity contribution in [2.75, 3.05) is 20.8 Å². The first-order valence-electron chi connectivity index (χ1n) is 6.86. The SMILES string of the molecule is COC(=O)C(C(=O)OC)[C@H](c1cccnc1)[C@@H]1CCCO1. The first-order valence-corrected chi connectivity index (χ1v) is 6.86. The van der Waals surface area contributed by atoms with E-state index in [2.05, 4.69) is 4.98 Å². The van der Waals surface area contributed by atoms with Crippen molar-refractivity contribution in [1.82, 2.24) is 4.98 Å². The number of hydrogen-bond donors (Lipinski definition) is 0. The zero-order chi connectivity index (χ0) is 15.2. The third kappa shape index (κ3) is 3.39. The summed E-state index contributed by atoms with van der Waals surface area (Å²) in [6.07, 6.45) is 4.74. The van der Waals surface area contributed by atoms with Gasteiger partial charge in [-0.3, -0.25) is 14.6 Å². The van der Waals surface area contributed by atoms with Crippen LogP contribution in [0.4, 0.5) is 0 Å². The molecule has 1 saturated heterocycles.